The molecule has 0 fully saturated rings. The first-order valence-electron chi connectivity index (χ1n) is 7.85. The van der Waals surface area contributed by atoms with Crippen LogP contribution in [0.25, 0.3) is 0 Å². The fraction of sp³-hybridized carbons (Fsp3) is 0.278. The van der Waals surface area contributed by atoms with E-state index in [0.29, 0.717) is 30.2 Å². The molecular formula is C18H18BrNO6. The molecule has 2 aromatic carbocycles. The summed E-state index contributed by atoms with van der Waals surface area (Å²) in [7, 11) is 3.14. The van der Waals surface area contributed by atoms with Crippen LogP contribution in [0.1, 0.15) is 15.9 Å². The van der Waals surface area contributed by atoms with Crippen LogP contribution in [-0.4, -0.2) is 38.6 Å². The predicted octanol–water partition coefficient (Wildman–Crippen LogP) is 2.87. The molecular weight excluding hydrogens is 406 g/mol. The molecule has 1 aliphatic rings. The fourth-order valence-corrected chi connectivity index (χ4v) is 3.16. The monoisotopic (exact) mass is 423 g/mol. The van der Waals surface area contributed by atoms with Crippen molar-refractivity contribution in [3.63, 3.8) is 0 Å². The lowest BCUT2D eigenvalue weighted by Gasteiger charge is -2.12. The van der Waals surface area contributed by atoms with Crippen LogP contribution in [-0.2, 0) is 6.42 Å². The van der Waals surface area contributed by atoms with E-state index in [2.05, 4.69) is 21.2 Å². The highest BCUT2D eigenvalue weighted by Gasteiger charge is 2.23. The first-order chi connectivity index (χ1) is 12.5. The summed E-state index contributed by atoms with van der Waals surface area (Å²) in [5.41, 5.74) is 1.10. The second-order valence-electron chi connectivity index (χ2n) is 5.50. The van der Waals surface area contributed by atoms with Gasteiger partial charge in [-0.1, -0.05) is 15.9 Å². The molecule has 0 aliphatic carbocycles. The van der Waals surface area contributed by atoms with E-state index in [0.717, 1.165) is 10.0 Å². The Morgan fingerprint density at radius 3 is 2.69 bits per heavy atom. The molecule has 0 unspecified atom stereocenters. The number of halogens is 1. The van der Waals surface area contributed by atoms with Gasteiger partial charge in [0.15, 0.2) is 23.0 Å². The number of carbonyl (C=O) groups is 1. The summed E-state index contributed by atoms with van der Waals surface area (Å²) in [4.78, 5) is 12.3. The first-order valence-corrected chi connectivity index (χ1v) is 8.64. The number of nitrogens with one attached hydrogen (secondary N) is 1. The number of aromatic hydroxyl groups is 1. The van der Waals surface area contributed by atoms with E-state index in [1.54, 1.807) is 20.3 Å². The van der Waals surface area contributed by atoms with E-state index in [4.69, 9.17) is 18.9 Å². The first kappa shape index (κ1) is 18.2. The van der Waals surface area contributed by atoms with Crippen LogP contribution in [0.15, 0.2) is 28.7 Å². The van der Waals surface area contributed by atoms with E-state index >= 15 is 0 Å². The molecule has 2 aromatic rings. The van der Waals surface area contributed by atoms with Crippen LogP contribution in [0.5, 0.6) is 28.7 Å². The summed E-state index contributed by atoms with van der Waals surface area (Å²) in [5.74, 6) is 1.25. The van der Waals surface area contributed by atoms with Gasteiger partial charge in [0.1, 0.15) is 0 Å². The topological polar surface area (TPSA) is 86.3 Å². The van der Waals surface area contributed by atoms with Gasteiger partial charge >= 0.3 is 0 Å². The third kappa shape index (κ3) is 3.50. The minimum atomic E-state index is -0.391. The van der Waals surface area contributed by atoms with Crippen molar-refractivity contribution < 1.29 is 28.8 Å². The molecule has 0 aromatic heterocycles. The number of ether oxygens (including phenoxy) is 4. The number of rotatable bonds is 6. The zero-order valence-electron chi connectivity index (χ0n) is 14.3. The Morgan fingerprint density at radius 1 is 1.23 bits per heavy atom. The summed E-state index contributed by atoms with van der Waals surface area (Å²) in [5, 5.41) is 12.9. The van der Waals surface area contributed by atoms with Gasteiger partial charge < -0.3 is 29.4 Å². The molecule has 0 bridgehead atoms. The van der Waals surface area contributed by atoms with Crippen molar-refractivity contribution in [1.29, 1.82) is 0 Å². The number of phenolic OH excluding ortho intramolecular Hbond substituents is 1. The summed E-state index contributed by atoms with van der Waals surface area (Å²) in [6, 6.07) is 6.78. The molecule has 0 saturated heterocycles. The number of hydrogen-bond acceptors (Lipinski definition) is 6. The van der Waals surface area contributed by atoms with Crippen LogP contribution in [0.4, 0.5) is 0 Å². The van der Waals surface area contributed by atoms with Gasteiger partial charge in [0.2, 0.25) is 12.5 Å². The van der Waals surface area contributed by atoms with Gasteiger partial charge in [0.25, 0.3) is 5.91 Å². The molecule has 1 heterocycles. The number of fused-ring (bicyclic) bond motifs is 1. The highest BCUT2D eigenvalue weighted by molar-refractivity contribution is 9.10. The van der Waals surface area contributed by atoms with E-state index in [1.807, 2.05) is 12.1 Å². The molecule has 0 saturated carbocycles. The second-order valence-corrected chi connectivity index (χ2v) is 6.35. The number of carbonyl (C=O) groups excluding carboxylic acids is 1. The van der Waals surface area contributed by atoms with Gasteiger partial charge in [-0.3, -0.25) is 4.79 Å². The van der Waals surface area contributed by atoms with E-state index in [-0.39, 0.29) is 23.9 Å². The Morgan fingerprint density at radius 2 is 1.96 bits per heavy atom. The van der Waals surface area contributed by atoms with Crippen molar-refractivity contribution in [3.05, 3.63) is 39.9 Å². The van der Waals surface area contributed by atoms with Gasteiger partial charge in [-0.25, -0.2) is 0 Å². The van der Waals surface area contributed by atoms with Gasteiger partial charge in [0, 0.05) is 11.0 Å². The van der Waals surface area contributed by atoms with Crippen LogP contribution in [0, 0.1) is 0 Å². The lowest BCUT2D eigenvalue weighted by atomic mass is 10.1. The molecule has 0 radical (unpaired) electrons. The normalized spacial score (nSPS) is 12.0. The molecule has 3 rings (SSSR count). The zero-order chi connectivity index (χ0) is 18.7. The van der Waals surface area contributed by atoms with E-state index in [9.17, 15) is 9.90 Å². The maximum Gasteiger partial charge on any atom is 0.255 e. The molecule has 1 amide bonds. The zero-order valence-corrected chi connectivity index (χ0v) is 15.9. The van der Waals surface area contributed by atoms with Crippen LogP contribution < -0.4 is 24.3 Å². The van der Waals surface area contributed by atoms with Crippen LogP contribution >= 0.6 is 15.9 Å². The highest BCUT2D eigenvalue weighted by Crippen LogP contribution is 2.42. The minimum absolute atomic E-state index is 0.0291. The average molecular weight is 424 g/mol. The Hall–Kier alpha value is -2.61. The summed E-state index contributed by atoms with van der Waals surface area (Å²) < 4.78 is 21.7. The Balaban J connectivity index is 1.66. The van der Waals surface area contributed by atoms with Crippen LogP contribution in [0.2, 0.25) is 0 Å². The van der Waals surface area contributed by atoms with Crippen molar-refractivity contribution in [3.8, 4) is 28.7 Å². The van der Waals surface area contributed by atoms with Crippen molar-refractivity contribution in [1.82, 2.24) is 5.32 Å². The lowest BCUT2D eigenvalue weighted by molar-refractivity contribution is 0.0950. The molecule has 138 valence electrons. The largest absolute Gasteiger partial charge is 0.504 e. The third-order valence-corrected chi connectivity index (χ3v) is 4.73. The van der Waals surface area contributed by atoms with E-state index in [1.165, 1.54) is 6.07 Å². The van der Waals surface area contributed by atoms with Gasteiger partial charge in [-0.2, -0.15) is 0 Å². The molecule has 0 spiro atoms. The Bertz CT molecular complexity index is 839. The van der Waals surface area contributed by atoms with Crippen molar-refractivity contribution in [2.45, 2.75) is 6.42 Å². The van der Waals surface area contributed by atoms with Gasteiger partial charge in [0.05, 0.1) is 19.8 Å². The molecule has 8 heteroatoms. The predicted molar refractivity (Wildman–Crippen MR) is 97.5 cm³/mol. The molecule has 1 aliphatic heterocycles. The number of amides is 1. The lowest BCUT2D eigenvalue weighted by Crippen LogP contribution is -2.25. The Labute approximate surface area is 158 Å². The summed E-state index contributed by atoms with van der Waals surface area (Å²) in [6.07, 6.45) is 0.567. The molecule has 7 nitrogen and oxygen atoms in total. The standard InChI is InChI=1S/C18H18BrNO6/c1-23-14-7-10(12(19)8-15(14)24-2)5-6-20-18(22)11-3-4-13-17(16(11)21)26-9-25-13/h3-4,7-8,21H,5-6,9H2,1-2H3,(H,20,22). The maximum absolute atomic E-state index is 12.3. The maximum atomic E-state index is 12.3. The smallest absolute Gasteiger partial charge is 0.255 e. The van der Waals surface area contributed by atoms with Crippen LogP contribution in [0.3, 0.4) is 0 Å². The molecule has 2 N–H and O–H groups in total. The van der Waals surface area contributed by atoms with Crippen molar-refractivity contribution in [2.24, 2.45) is 0 Å². The fourth-order valence-electron chi connectivity index (χ4n) is 2.63. The minimum Gasteiger partial charge on any atom is -0.504 e. The van der Waals surface area contributed by atoms with E-state index < -0.39 is 5.91 Å². The second kappa shape index (κ2) is 7.74. The molecule has 26 heavy (non-hydrogen) atoms. The summed E-state index contributed by atoms with van der Waals surface area (Å²) in [6.45, 7) is 0.405. The molecule has 0 atom stereocenters. The number of methoxy groups -OCH3 is 2. The number of benzene rings is 2. The van der Waals surface area contributed by atoms with Crippen molar-refractivity contribution in [2.75, 3.05) is 27.6 Å². The SMILES string of the molecule is COc1cc(Br)c(CCNC(=O)c2ccc3c(c2O)OCO3)cc1OC. The number of hydrogen-bond donors (Lipinski definition) is 2. The highest BCUT2D eigenvalue weighted by atomic mass is 79.9. The third-order valence-electron chi connectivity index (χ3n) is 3.99. The average Bonchev–Trinajstić information content (AvgIpc) is 3.12. The Kier molecular flexibility index (Phi) is 5.41. The van der Waals surface area contributed by atoms with Crippen molar-refractivity contribution >= 4 is 21.8 Å². The quantitative estimate of drug-likeness (QED) is 0.742. The summed E-state index contributed by atoms with van der Waals surface area (Å²) >= 11 is 3.49. The number of phenols is 1. The van der Waals surface area contributed by atoms with Gasteiger partial charge in [-0.15, -0.1) is 0 Å². The van der Waals surface area contributed by atoms with Gasteiger partial charge in [-0.05, 0) is 36.2 Å².